The Hall–Kier alpha value is -1.68. The summed E-state index contributed by atoms with van der Waals surface area (Å²) < 4.78 is 17.9. The maximum Gasteiger partial charge on any atom is 0.341 e. The first-order valence-corrected chi connectivity index (χ1v) is 5.26. The minimum Gasteiger partial charge on any atom is -0.465 e. The number of hydrogen-bond donors (Lipinski definition) is 0. The molecule has 0 unspecified atom stereocenters. The summed E-state index contributed by atoms with van der Waals surface area (Å²) in [5.74, 6) is -0.918. The predicted octanol–water partition coefficient (Wildman–Crippen LogP) is 3.12. The van der Waals surface area contributed by atoms with Crippen LogP contribution in [0.25, 0.3) is 10.9 Å². The fourth-order valence-electron chi connectivity index (χ4n) is 1.59. The lowest BCUT2D eigenvalue weighted by atomic mass is 10.1. The molecule has 0 aliphatic carbocycles. The summed E-state index contributed by atoms with van der Waals surface area (Å²) in [6, 6.07) is 4.42. The van der Waals surface area contributed by atoms with Crippen molar-refractivity contribution in [3.8, 4) is 0 Å². The Morgan fingerprint density at radius 2 is 2.18 bits per heavy atom. The normalized spacial score (nSPS) is 10.6. The van der Waals surface area contributed by atoms with E-state index in [1.54, 1.807) is 19.1 Å². The van der Waals surface area contributed by atoms with Crippen molar-refractivity contribution in [1.82, 2.24) is 4.98 Å². The van der Waals surface area contributed by atoms with Crippen LogP contribution in [0, 0.1) is 12.7 Å². The van der Waals surface area contributed by atoms with Gasteiger partial charge in [-0.15, -0.1) is 0 Å². The second-order valence-corrected chi connectivity index (χ2v) is 3.92. The smallest absolute Gasteiger partial charge is 0.341 e. The van der Waals surface area contributed by atoms with Crippen molar-refractivity contribution in [2.45, 2.75) is 6.92 Å². The molecule has 2 aromatic rings. The van der Waals surface area contributed by atoms with Crippen LogP contribution < -0.4 is 0 Å². The average Bonchev–Trinajstić information content (AvgIpc) is 2.33. The van der Waals surface area contributed by atoms with E-state index in [4.69, 9.17) is 11.6 Å². The number of pyridine rings is 1. The van der Waals surface area contributed by atoms with Gasteiger partial charge in [-0.05, 0) is 25.1 Å². The van der Waals surface area contributed by atoms with Gasteiger partial charge in [0.1, 0.15) is 11.0 Å². The van der Waals surface area contributed by atoms with Crippen LogP contribution in [0.2, 0.25) is 5.15 Å². The average molecular weight is 254 g/mol. The molecule has 0 N–H and O–H groups in total. The van der Waals surface area contributed by atoms with Crippen LogP contribution in [0.15, 0.2) is 18.2 Å². The van der Waals surface area contributed by atoms with Crippen LogP contribution >= 0.6 is 11.6 Å². The predicted molar refractivity (Wildman–Crippen MR) is 62.8 cm³/mol. The number of hydrogen-bond acceptors (Lipinski definition) is 3. The first-order valence-electron chi connectivity index (χ1n) is 4.88. The van der Waals surface area contributed by atoms with E-state index in [1.165, 1.54) is 13.2 Å². The highest BCUT2D eigenvalue weighted by Gasteiger charge is 2.15. The van der Waals surface area contributed by atoms with E-state index in [0.29, 0.717) is 16.5 Å². The van der Waals surface area contributed by atoms with Gasteiger partial charge in [0.2, 0.25) is 0 Å². The van der Waals surface area contributed by atoms with Crippen molar-refractivity contribution >= 4 is 28.5 Å². The third-order valence-electron chi connectivity index (χ3n) is 2.53. The summed E-state index contributed by atoms with van der Waals surface area (Å²) in [6.45, 7) is 1.61. The molecule has 3 nitrogen and oxygen atoms in total. The van der Waals surface area contributed by atoms with Crippen LogP contribution in [0.5, 0.6) is 0 Å². The lowest BCUT2D eigenvalue weighted by Gasteiger charge is -2.06. The monoisotopic (exact) mass is 253 g/mol. The van der Waals surface area contributed by atoms with Crippen LogP contribution in [0.3, 0.4) is 0 Å². The van der Waals surface area contributed by atoms with Gasteiger partial charge in [-0.3, -0.25) is 0 Å². The van der Waals surface area contributed by atoms with Crippen LogP contribution in [0.1, 0.15) is 15.9 Å². The van der Waals surface area contributed by atoms with Crippen molar-refractivity contribution in [3.63, 3.8) is 0 Å². The van der Waals surface area contributed by atoms with Crippen molar-refractivity contribution in [2.24, 2.45) is 0 Å². The van der Waals surface area contributed by atoms with E-state index < -0.39 is 5.97 Å². The minimum atomic E-state index is -0.564. The fraction of sp³-hybridized carbons (Fsp3) is 0.167. The Kier molecular flexibility index (Phi) is 2.98. The zero-order valence-corrected chi connectivity index (χ0v) is 10.0. The van der Waals surface area contributed by atoms with Gasteiger partial charge >= 0.3 is 5.97 Å². The molecule has 0 bridgehead atoms. The summed E-state index contributed by atoms with van der Waals surface area (Å²) in [4.78, 5) is 15.4. The highest BCUT2D eigenvalue weighted by atomic mass is 35.5. The molecule has 0 spiro atoms. The van der Waals surface area contributed by atoms with Gasteiger partial charge in [-0.25, -0.2) is 14.2 Å². The number of rotatable bonds is 1. The minimum absolute atomic E-state index is 0.0121. The zero-order valence-electron chi connectivity index (χ0n) is 9.25. The standard InChI is InChI=1S/C12H9ClFNO2/c1-6-9(14)4-3-7-5-8(12(16)17-2)11(13)15-10(6)7/h3-5H,1-2H3. The second-order valence-electron chi connectivity index (χ2n) is 3.56. The number of esters is 1. The maximum absolute atomic E-state index is 13.3. The van der Waals surface area contributed by atoms with Crippen molar-refractivity contribution in [2.75, 3.05) is 7.11 Å². The molecule has 88 valence electrons. The zero-order chi connectivity index (χ0) is 12.6. The molecule has 0 aliphatic heterocycles. The number of benzene rings is 1. The fourth-order valence-corrected chi connectivity index (χ4v) is 1.80. The molecule has 0 atom stereocenters. The number of carbonyl (C=O) groups is 1. The van der Waals surface area contributed by atoms with Crippen molar-refractivity contribution in [3.05, 3.63) is 40.3 Å². The molecule has 0 amide bonds. The first-order chi connectivity index (χ1) is 8.04. The number of fused-ring (bicyclic) bond motifs is 1. The molecule has 17 heavy (non-hydrogen) atoms. The van der Waals surface area contributed by atoms with Crippen molar-refractivity contribution < 1.29 is 13.9 Å². The molecule has 0 saturated carbocycles. The van der Waals surface area contributed by atoms with Crippen LogP contribution in [0.4, 0.5) is 4.39 Å². The molecule has 0 saturated heterocycles. The van der Waals surface area contributed by atoms with E-state index in [1.807, 2.05) is 0 Å². The summed E-state index contributed by atoms with van der Waals surface area (Å²) in [5.41, 5.74) is 1.02. The van der Waals surface area contributed by atoms with E-state index in [-0.39, 0.29) is 16.5 Å². The van der Waals surface area contributed by atoms with Gasteiger partial charge in [0.05, 0.1) is 18.2 Å². The highest BCUT2D eigenvalue weighted by Crippen LogP contribution is 2.24. The van der Waals surface area contributed by atoms with E-state index in [0.717, 1.165) is 0 Å². The van der Waals surface area contributed by atoms with E-state index in [2.05, 4.69) is 9.72 Å². The highest BCUT2D eigenvalue weighted by molar-refractivity contribution is 6.33. The molecule has 5 heteroatoms. The molecule has 2 rings (SSSR count). The Bertz CT molecular complexity index is 613. The van der Waals surface area contributed by atoms with Crippen LogP contribution in [-0.4, -0.2) is 18.1 Å². The summed E-state index contributed by atoms with van der Waals surface area (Å²) in [6.07, 6.45) is 0. The maximum atomic E-state index is 13.3. The quantitative estimate of drug-likeness (QED) is 0.579. The number of aromatic nitrogens is 1. The molecular formula is C12H9ClFNO2. The Labute approximate surface area is 102 Å². The van der Waals surface area contributed by atoms with Gasteiger partial charge in [-0.1, -0.05) is 11.6 Å². The number of carbonyl (C=O) groups excluding carboxylic acids is 1. The third kappa shape index (κ3) is 1.96. The number of nitrogens with zero attached hydrogens (tertiary/aromatic N) is 1. The Balaban J connectivity index is 2.75. The van der Waals surface area contributed by atoms with Gasteiger partial charge in [0.15, 0.2) is 0 Å². The molecular weight excluding hydrogens is 245 g/mol. The molecule has 1 heterocycles. The Morgan fingerprint density at radius 1 is 1.47 bits per heavy atom. The lowest BCUT2D eigenvalue weighted by Crippen LogP contribution is -2.04. The Morgan fingerprint density at radius 3 is 2.82 bits per heavy atom. The summed E-state index contributed by atoms with van der Waals surface area (Å²) >= 11 is 5.87. The number of halogens is 2. The van der Waals surface area contributed by atoms with Crippen LogP contribution in [-0.2, 0) is 4.74 Å². The van der Waals surface area contributed by atoms with Gasteiger partial charge in [-0.2, -0.15) is 0 Å². The third-order valence-corrected chi connectivity index (χ3v) is 2.82. The largest absolute Gasteiger partial charge is 0.465 e. The topological polar surface area (TPSA) is 39.2 Å². The molecule has 0 fully saturated rings. The second kappa shape index (κ2) is 4.30. The van der Waals surface area contributed by atoms with Gasteiger partial charge in [0.25, 0.3) is 0 Å². The SMILES string of the molecule is COC(=O)c1cc2ccc(F)c(C)c2nc1Cl. The first kappa shape index (κ1) is 11.8. The number of methoxy groups -OCH3 is 1. The summed E-state index contributed by atoms with van der Waals surface area (Å²) in [7, 11) is 1.26. The van der Waals surface area contributed by atoms with E-state index >= 15 is 0 Å². The summed E-state index contributed by atoms with van der Waals surface area (Å²) in [5, 5.41) is 0.659. The molecule has 0 radical (unpaired) electrons. The molecule has 1 aromatic heterocycles. The number of ether oxygens (including phenoxy) is 1. The lowest BCUT2D eigenvalue weighted by molar-refractivity contribution is 0.0600. The molecule has 0 aliphatic rings. The van der Waals surface area contributed by atoms with E-state index in [9.17, 15) is 9.18 Å². The number of aryl methyl sites for hydroxylation is 1. The van der Waals surface area contributed by atoms with Gasteiger partial charge < -0.3 is 4.74 Å². The van der Waals surface area contributed by atoms with Crippen molar-refractivity contribution in [1.29, 1.82) is 0 Å². The van der Waals surface area contributed by atoms with Gasteiger partial charge in [0, 0.05) is 10.9 Å². The molecule has 1 aromatic carbocycles.